The number of benzene rings is 1. The highest BCUT2D eigenvalue weighted by atomic mass is 16.5. The summed E-state index contributed by atoms with van der Waals surface area (Å²) in [6, 6.07) is 10.2. The van der Waals surface area contributed by atoms with Crippen LogP contribution in [0.3, 0.4) is 0 Å². The van der Waals surface area contributed by atoms with Crippen molar-refractivity contribution in [2.75, 3.05) is 6.61 Å². The minimum Gasteiger partial charge on any atom is -0.377 e. The van der Waals surface area contributed by atoms with E-state index in [9.17, 15) is 0 Å². The van der Waals surface area contributed by atoms with Gasteiger partial charge in [0.2, 0.25) is 0 Å². The van der Waals surface area contributed by atoms with Crippen LogP contribution in [0.25, 0.3) is 0 Å². The quantitative estimate of drug-likeness (QED) is 0.466. The van der Waals surface area contributed by atoms with E-state index < -0.39 is 6.85 Å². The van der Waals surface area contributed by atoms with Gasteiger partial charge in [-0.1, -0.05) is 48.9 Å². The zero-order valence-corrected chi connectivity index (χ0v) is 11.5. The van der Waals surface area contributed by atoms with Crippen molar-refractivity contribution in [3.63, 3.8) is 0 Å². The molecule has 0 saturated carbocycles. The molecule has 0 fully saturated rings. The van der Waals surface area contributed by atoms with Gasteiger partial charge in [0.25, 0.3) is 0 Å². The Kier molecular flexibility index (Phi) is 5.36. The van der Waals surface area contributed by atoms with E-state index in [1.165, 1.54) is 5.56 Å². The van der Waals surface area contributed by atoms with E-state index in [4.69, 9.17) is 8.85 Å². The van der Waals surface area contributed by atoms with E-state index in [0.717, 1.165) is 25.9 Å². The molecule has 0 N–H and O–H groups in total. The molecule has 0 spiro atoms. The lowest BCUT2D eigenvalue weighted by Crippen LogP contribution is -2.02. The highest BCUT2D eigenvalue weighted by Crippen LogP contribution is 2.12. The van der Waals surface area contributed by atoms with Crippen LogP contribution in [0.15, 0.2) is 42.0 Å². The molecular weight excluding hydrogens is 220 g/mol. The van der Waals surface area contributed by atoms with Crippen LogP contribution < -0.4 is 0 Å². The highest BCUT2D eigenvalue weighted by Gasteiger charge is 2.01. The van der Waals surface area contributed by atoms with E-state index in [-0.39, 0.29) is 0 Å². The van der Waals surface area contributed by atoms with Gasteiger partial charge < -0.3 is 4.74 Å². The minimum atomic E-state index is -1.94. The average molecular weight is 249 g/mol. The average Bonchev–Trinajstić information content (AvgIpc) is 2.43. The van der Waals surface area contributed by atoms with Gasteiger partial charge in [0.1, 0.15) is 0 Å². The van der Waals surface area contributed by atoms with Gasteiger partial charge >= 0.3 is 0 Å². The van der Waals surface area contributed by atoms with Crippen molar-refractivity contribution in [1.29, 1.82) is 0 Å². The monoisotopic (exact) mass is 249 g/mol. The normalized spacial score (nSPS) is 16.8. The largest absolute Gasteiger partial charge is 0.377 e. The lowest BCUT2D eigenvalue weighted by molar-refractivity contribution is 0.108. The number of hydrogen-bond acceptors (Lipinski definition) is 1. The first-order valence-electron chi connectivity index (χ1n) is 8.18. The Morgan fingerprint density at radius 3 is 2.83 bits per heavy atom. The first-order valence-corrected chi connectivity index (χ1v) is 6.68. The van der Waals surface area contributed by atoms with Gasteiger partial charge in [-0.05, 0) is 44.5 Å². The minimum absolute atomic E-state index is 0.495. The van der Waals surface area contributed by atoms with Gasteiger partial charge in [-0.25, -0.2) is 0 Å². The maximum Gasteiger partial charge on any atom is 0.0716 e. The van der Waals surface area contributed by atoms with E-state index in [1.807, 2.05) is 24.3 Å². The fourth-order valence-corrected chi connectivity index (χ4v) is 1.78. The van der Waals surface area contributed by atoms with Crippen LogP contribution in [0, 0.1) is 5.92 Å². The maximum atomic E-state index is 7.29. The van der Waals surface area contributed by atoms with Crippen LogP contribution in [0.4, 0.5) is 0 Å². The molecule has 0 radical (unpaired) electrons. The molecule has 1 nitrogen and oxygen atoms in total. The van der Waals surface area contributed by atoms with Crippen LogP contribution in [0.1, 0.15) is 49.6 Å². The fourth-order valence-electron chi connectivity index (χ4n) is 1.78. The lowest BCUT2D eigenvalue weighted by atomic mass is 10.0. The van der Waals surface area contributed by atoms with Crippen molar-refractivity contribution < 1.29 is 8.85 Å². The van der Waals surface area contributed by atoms with Crippen LogP contribution >= 0.6 is 0 Å². The molecule has 1 aromatic rings. The molecule has 18 heavy (non-hydrogen) atoms. The molecule has 1 unspecified atom stereocenters. The highest BCUT2D eigenvalue weighted by molar-refractivity contribution is 5.13. The van der Waals surface area contributed by atoms with Gasteiger partial charge in [0, 0.05) is 10.7 Å². The molecule has 0 amide bonds. The summed E-state index contributed by atoms with van der Waals surface area (Å²) in [7, 11) is 0. The van der Waals surface area contributed by atoms with E-state index >= 15 is 0 Å². The van der Waals surface area contributed by atoms with Crippen LogP contribution in [0.5, 0.6) is 0 Å². The number of rotatable bonds is 8. The fraction of sp³-hybridized carbons (Fsp3) is 0.529. The third-order valence-corrected chi connectivity index (χ3v) is 2.98. The van der Waals surface area contributed by atoms with Crippen molar-refractivity contribution in [3.8, 4) is 0 Å². The summed E-state index contributed by atoms with van der Waals surface area (Å²) in [5, 5.41) is 0. The van der Waals surface area contributed by atoms with Crippen molar-refractivity contribution in [2.45, 2.75) is 46.6 Å². The Morgan fingerprint density at radius 2 is 2.11 bits per heavy atom. The van der Waals surface area contributed by atoms with Gasteiger partial charge in [-0.15, -0.1) is 0 Å². The summed E-state index contributed by atoms with van der Waals surface area (Å²) in [5.74, 6) is 0.543. The first-order chi connectivity index (χ1) is 9.89. The number of allylic oxidation sites excluding steroid dienone is 2. The topological polar surface area (TPSA) is 9.23 Å². The molecular formula is C17H26O. The molecule has 0 aromatic heterocycles. The molecule has 1 heteroatoms. The second-order valence-corrected chi connectivity index (χ2v) is 4.90. The number of hydrogen-bond donors (Lipinski definition) is 0. The molecule has 1 aromatic carbocycles. The zero-order valence-electron chi connectivity index (χ0n) is 14.5. The standard InChI is InChI=1S/C17H26O/c1-15(2)8-7-9-16(3)12-13-18-14-17-10-5-4-6-11-17/h4-6,8,10-11,16H,7,9,12-14H2,1-3H3/i1D3/b15-8-. The van der Waals surface area contributed by atoms with Gasteiger partial charge in [-0.3, -0.25) is 0 Å². The molecule has 0 aliphatic heterocycles. The summed E-state index contributed by atoms with van der Waals surface area (Å²) < 4.78 is 27.5. The molecule has 0 aliphatic carbocycles. The summed E-state index contributed by atoms with van der Waals surface area (Å²) in [6.07, 6.45) is 4.67. The second-order valence-electron chi connectivity index (χ2n) is 4.90. The van der Waals surface area contributed by atoms with Crippen LogP contribution in [-0.4, -0.2) is 6.61 Å². The van der Waals surface area contributed by atoms with Crippen molar-refractivity contribution in [2.24, 2.45) is 5.92 Å². The van der Waals surface area contributed by atoms with Gasteiger partial charge in [-0.2, -0.15) is 0 Å². The first kappa shape index (κ1) is 10.8. The Balaban J connectivity index is 2.13. The summed E-state index contributed by atoms with van der Waals surface area (Å²) in [6.45, 7) is 3.33. The van der Waals surface area contributed by atoms with Crippen molar-refractivity contribution >= 4 is 0 Å². The van der Waals surface area contributed by atoms with Gasteiger partial charge in [0.15, 0.2) is 0 Å². The third kappa shape index (κ3) is 7.29. The van der Waals surface area contributed by atoms with E-state index in [2.05, 4.69) is 19.1 Å². The summed E-state index contributed by atoms with van der Waals surface area (Å²) in [4.78, 5) is 0. The lowest BCUT2D eigenvalue weighted by Gasteiger charge is -2.10. The smallest absolute Gasteiger partial charge is 0.0716 e. The molecule has 0 heterocycles. The molecule has 100 valence electrons. The Hall–Kier alpha value is -1.08. The van der Waals surface area contributed by atoms with Gasteiger partial charge in [0.05, 0.1) is 6.61 Å². The molecule has 1 rings (SSSR count). The maximum absolute atomic E-state index is 7.29. The van der Waals surface area contributed by atoms with E-state index in [0.29, 0.717) is 18.1 Å². The van der Waals surface area contributed by atoms with E-state index in [1.54, 1.807) is 6.92 Å². The van der Waals surface area contributed by atoms with Crippen LogP contribution in [0.2, 0.25) is 0 Å². The predicted molar refractivity (Wildman–Crippen MR) is 78.5 cm³/mol. The SMILES string of the molecule is [2H]C([2H])([2H])/C(C)=C/CCC(C)CCOCc1ccccc1. The molecule has 0 bridgehead atoms. The second kappa shape index (κ2) is 8.93. The third-order valence-electron chi connectivity index (χ3n) is 2.98. The molecule has 1 atom stereocenters. The Bertz CT molecular complexity index is 423. The molecule has 0 saturated heterocycles. The Morgan fingerprint density at radius 1 is 1.33 bits per heavy atom. The zero-order chi connectivity index (χ0) is 15.7. The van der Waals surface area contributed by atoms with Crippen molar-refractivity contribution in [1.82, 2.24) is 0 Å². The summed E-state index contributed by atoms with van der Waals surface area (Å²) >= 11 is 0. The Labute approximate surface area is 116 Å². The number of ether oxygens (including phenoxy) is 1. The van der Waals surface area contributed by atoms with Crippen LogP contribution in [-0.2, 0) is 11.3 Å². The summed E-state index contributed by atoms with van der Waals surface area (Å²) in [5.41, 5.74) is 1.69. The van der Waals surface area contributed by atoms with Crippen molar-refractivity contribution in [3.05, 3.63) is 47.5 Å². The predicted octanol–water partition coefficient (Wildman–Crippen LogP) is 4.98. The molecule has 0 aliphatic rings.